The molecule has 1 aromatic carbocycles. The van der Waals surface area contributed by atoms with Crippen molar-refractivity contribution in [2.45, 2.75) is 38.7 Å². The van der Waals surface area contributed by atoms with Gasteiger partial charge in [-0.25, -0.2) is 0 Å². The minimum absolute atomic E-state index is 0.0615. The topological polar surface area (TPSA) is 66.8 Å². The van der Waals surface area contributed by atoms with Gasteiger partial charge in [-0.15, -0.1) is 0 Å². The van der Waals surface area contributed by atoms with E-state index in [1.807, 2.05) is 13.8 Å². The average Bonchev–Trinajstić information content (AvgIpc) is 2.24. The number of carbonyl (C=O) groups is 1. The zero-order chi connectivity index (χ0) is 13.5. The number of rotatable bonds is 2. The van der Waals surface area contributed by atoms with Gasteiger partial charge in [-0.05, 0) is 13.3 Å². The van der Waals surface area contributed by atoms with E-state index in [1.54, 1.807) is 0 Å². The summed E-state index contributed by atoms with van der Waals surface area (Å²) in [4.78, 5) is 12.1. The maximum Gasteiger partial charge on any atom is 0.174 e. The van der Waals surface area contributed by atoms with Crippen LogP contribution < -0.4 is 4.74 Å². The van der Waals surface area contributed by atoms with E-state index in [-0.39, 0.29) is 34.3 Å². The molecule has 1 heterocycles. The van der Waals surface area contributed by atoms with Crippen LogP contribution in [0.2, 0.25) is 5.02 Å². The van der Waals surface area contributed by atoms with E-state index in [1.165, 1.54) is 6.07 Å². The molecule has 1 aromatic rings. The molecule has 2 N–H and O–H groups in total. The summed E-state index contributed by atoms with van der Waals surface area (Å²) in [5.41, 5.74) is -0.530. The predicted molar refractivity (Wildman–Crippen MR) is 67.7 cm³/mol. The fourth-order valence-corrected chi connectivity index (χ4v) is 2.50. The highest BCUT2D eigenvalue weighted by Crippen LogP contribution is 2.46. The average molecular weight is 271 g/mol. The molecule has 0 amide bonds. The van der Waals surface area contributed by atoms with Gasteiger partial charge in [0.15, 0.2) is 11.5 Å². The number of fused-ring (bicyclic) bond motifs is 1. The van der Waals surface area contributed by atoms with E-state index in [9.17, 15) is 15.0 Å². The van der Waals surface area contributed by atoms with Crippen LogP contribution in [0.1, 0.15) is 43.5 Å². The van der Waals surface area contributed by atoms with Gasteiger partial charge in [-0.2, -0.15) is 0 Å². The number of ether oxygens (including phenoxy) is 1. The lowest BCUT2D eigenvalue weighted by Crippen LogP contribution is -2.39. The molecule has 2 rings (SSSR count). The zero-order valence-electron chi connectivity index (χ0n) is 10.3. The highest BCUT2D eigenvalue weighted by molar-refractivity contribution is 6.34. The number of phenolic OH excluding ortho intramolecular Hbond substituents is 2. The summed E-state index contributed by atoms with van der Waals surface area (Å²) in [5.74, 6) is -0.718. The monoisotopic (exact) mass is 270 g/mol. The summed E-state index contributed by atoms with van der Waals surface area (Å²) >= 11 is 5.70. The number of ketones is 1. The van der Waals surface area contributed by atoms with Crippen LogP contribution in [0.5, 0.6) is 17.2 Å². The largest absolute Gasteiger partial charge is 0.506 e. The molecule has 0 aromatic heterocycles. The lowest BCUT2D eigenvalue weighted by molar-refractivity contribution is 0.0459. The van der Waals surface area contributed by atoms with Crippen LogP contribution >= 0.6 is 11.6 Å². The van der Waals surface area contributed by atoms with Crippen LogP contribution in [0, 0.1) is 0 Å². The number of Topliss-reactive ketones (excluding diaryl/α,β-unsaturated/α-hetero) is 1. The Morgan fingerprint density at radius 1 is 1.50 bits per heavy atom. The van der Waals surface area contributed by atoms with E-state index in [2.05, 4.69) is 0 Å². The van der Waals surface area contributed by atoms with E-state index >= 15 is 0 Å². The SMILES string of the molecule is CCCC1(C)CC(=O)c2c(cc(O)c(Cl)c2O)O1. The maximum absolute atomic E-state index is 12.1. The first-order chi connectivity index (χ1) is 8.38. The Hall–Kier alpha value is -1.42. The Bertz CT molecular complexity index is 512. The normalized spacial score (nSPS) is 22.5. The van der Waals surface area contributed by atoms with Gasteiger partial charge in [0, 0.05) is 6.07 Å². The molecular formula is C13H15ClO4. The Morgan fingerprint density at radius 2 is 2.17 bits per heavy atom. The minimum Gasteiger partial charge on any atom is -0.506 e. The van der Waals surface area contributed by atoms with Crippen molar-refractivity contribution >= 4 is 17.4 Å². The third-order valence-corrected chi connectivity index (χ3v) is 3.50. The van der Waals surface area contributed by atoms with Crippen molar-refractivity contribution in [3.05, 3.63) is 16.7 Å². The van der Waals surface area contributed by atoms with Crippen molar-refractivity contribution in [3.63, 3.8) is 0 Å². The van der Waals surface area contributed by atoms with Gasteiger partial charge in [-0.3, -0.25) is 4.79 Å². The minimum atomic E-state index is -0.592. The molecule has 18 heavy (non-hydrogen) atoms. The van der Waals surface area contributed by atoms with Crippen molar-refractivity contribution < 1.29 is 19.7 Å². The van der Waals surface area contributed by atoms with Crippen molar-refractivity contribution in [1.29, 1.82) is 0 Å². The molecule has 0 aliphatic carbocycles. The molecule has 0 fully saturated rings. The van der Waals surface area contributed by atoms with Crippen LogP contribution in [0.3, 0.4) is 0 Å². The van der Waals surface area contributed by atoms with E-state index in [0.717, 1.165) is 12.8 Å². The van der Waals surface area contributed by atoms with E-state index in [4.69, 9.17) is 16.3 Å². The number of benzene rings is 1. The lowest BCUT2D eigenvalue weighted by Gasteiger charge is -2.35. The molecule has 1 atom stereocenters. The number of carbonyl (C=O) groups excluding carboxylic acids is 1. The first-order valence-corrected chi connectivity index (χ1v) is 6.22. The molecular weight excluding hydrogens is 256 g/mol. The predicted octanol–water partition coefficient (Wildman–Crippen LogP) is 3.28. The van der Waals surface area contributed by atoms with Gasteiger partial charge in [0.25, 0.3) is 0 Å². The van der Waals surface area contributed by atoms with Gasteiger partial charge in [-0.1, -0.05) is 24.9 Å². The molecule has 0 saturated heterocycles. The number of hydrogen-bond acceptors (Lipinski definition) is 4. The molecule has 5 heteroatoms. The quantitative estimate of drug-likeness (QED) is 0.865. The molecule has 0 radical (unpaired) electrons. The Balaban J connectivity index is 2.52. The molecule has 0 bridgehead atoms. The number of hydrogen-bond donors (Lipinski definition) is 2. The van der Waals surface area contributed by atoms with Gasteiger partial charge < -0.3 is 14.9 Å². The van der Waals surface area contributed by atoms with Crippen molar-refractivity contribution in [2.24, 2.45) is 0 Å². The molecule has 1 aliphatic heterocycles. The van der Waals surface area contributed by atoms with Crippen LogP contribution in [0.25, 0.3) is 0 Å². The second-order valence-electron chi connectivity index (χ2n) is 4.83. The van der Waals surface area contributed by atoms with Gasteiger partial charge in [0.1, 0.15) is 27.7 Å². The molecule has 4 nitrogen and oxygen atoms in total. The van der Waals surface area contributed by atoms with Gasteiger partial charge >= 0.3 is 0 Å². The lowest BCUT2D eigenvalue weighted by atomic mass is 9.87. The van der Waals surface area contributed by atoms with Crippen LogP contribution in [-0.4, -0.2) is 21.6 Å². The van der Waals surface area contributed by atoms with Crippen molar-refractivity contribution in [2.75, 3.05) is 0 Å². The van der Waals surface area contributed by atoms with E-state index in [0.29, 0.717) is 0 Å². The van der Waals surface area contributed by atoms with Crippen LogP contribution in [-0.2, 0) is 0 Å². The summed E-state index contributed by atoms with van der Waals surface area (Å²) in [6.45, 7) is 3.85. The highest BCUT2D eigenvalue weighted by Gasteiger charge is 2.38. The fourth-order valence-electron chi connectivity index (χ4n) is 2.36. The number of aromatic hydroxyl groups is 2. The third kappa shape index (κ3) is 2.01. The molecule has 0 saturated carbocycles. The molecule has 0 spiro atoms. The van der Waals surface area contributed by atoms with Crippen LogP contribution in [0.15, 0.2) is 6.07 Å². The Morgan fingerprint density at radius 3 is 2.78 bits per heavy atom. The first kappa shape index (κ1) is 13.0. The molecule has 98 valence electrons. The highest BCUT2D eigenvalue weighted by atomic mass is 35.5. The van der Waals surface area contributed by atoms with Gasteiger partial charge in [0.2, 0.25) is 0 Å². The summed E-state index contributed by atoms with van der Waals surface area (Å²) < 4.78 is 5.75. The summed E-state index contributed by atoms with van der Waals surface area (Å²) in [6, 6.07) is 1.28. The smallest absolute Gasteiger partial charge is 0.174 e. The summed E-state index contributed by atoms with van der Waals surface area (Å²) in [5, 5.41) is 19.1. The van der Waals surface area contributed by atoms with Gasteiger partial charge in [0.05, 0.1) is 6.42 Å². The zero-order valence-corrected chi connectivity index (χ0v) is 11.0. The Labute approximate surface area is 110 Å². The van der Waals surface area contributed by atoms with E-state index < -0.39 is 11.4 Å². The fraction of sp³-hybridized carbons (Fsp3) is 0.462. The maximum atomic E-state index is 12.1. The van der Waals surface area contributed by atoms with Crippen molar-refractivity contribution in [1.82, 2.24) is 0 Å². The standard InChI is InChI=1S/C13H15ClO4/c1-3-4-13(2)6-8(16)10-9(18-13)5-7(15)11(14)12(10)17/h5,15,17H,3-4,6H2,1-2H3. The number of phenols is 2. The second kappa shape index (κ2) is 4.35. The summed E-state index contributed by atoms with van der Waals surface area (Å²) in [7, 11) is 0. The second-order valence-corrected chi connectivity index (χ2v) is 5.21. The molecule has 1 unspecified atom stereocenters. The molecule has 1 aliphatic rings. The Kier molecular flexibility index (Phi) is 3.15. The van der Waals surface area contributed by atoms with Crippen molar-refractivity contribution in [3.8, 4) is 17.2 Å². The summed E-state index contributed by atoms with van der Waals surface area (Å²) in [6.07, 6.45) is 1.80. The first-order valence-electron chi connectivity index (χ1n) is 5.84. The third-order valence-electron chi connectivity index (χ3n) is 3.13. The number of halogens is 1. The van der Waals surface area contributed by atoms with Crippen LogP contribution in [0.4, 0.5) is 0 Å².